The standard InChI is InChI=1S/C15H18BrN3O/c1-3-6-17-14-11(16)8-18-15(19-14)13-5-4-12(20-13)10-7-9(10)2/h4-5,8-10H,3,6-7H2,1-2H3,(H,17,18,19). The summed E-state index contributed by atoms with van der Waals surface area (Å²) in [5, 5.41) is 3.28. The zero-order valence-corrected chi connectivity index (χ0v) is 13.3. The molecule has 2 heterocycles. The molecule has 2 atom stereocenters. The van der Waals surface area contributed by atoms with Crippen LogP contribution in [-0.2, 0) is 0 Å². The average molecular weight is 336 g/mol. The lowest BCUT2D eigenvalue weighted by atomic mass is 10.3. The molecule has 0 bridgehead atoms. The van der Waals surface area contributed by atoms with Gasteiger partial charge in [0.1, 0.15) is 11.6 Å². The van der Waals surface area contributed by atoms with Crippen LogP contribution in [0.1, 0.15) is 38.4 Å². The highest BCUT2D eigenvalue weighted by molar-refractivity contribution is 9.10. The molecule has 3 rings (SSSR count). The van der Waals surface area contributed by atoms with Gasteiger partial charge in [-0.3, -0.25) is 0 Å². The van der Waals surface area contributed by atoms with Gasteiger partial charge in [-0.05, 0) is 46.8 Å². The molecular weight excluding hydrogens is 318 g/mol. The Morgan fingerprint density at radius 3 is 2.95 bits per heavy atom. The Bertz CT molecular complexity index is 611. The van der Waals surface area contributed by atoms with Gasteiger partial charge in [0.15, 0.2) is 11.6 Å². The van der Waals surface area contributed by atoms with Crippen LogP contribution in [-0.4, -0.2) is 16.5 Å². The maximum absolute atomic E-state index is 5.90. The molecule has 1 N–H and O–H groups in total. The maximum Gasteiger partial charge on any atom is 0.197 e. The van der Waals surface area contributed by atoms with Crippen LogP contribution in [0, 0.1) is 5.92 Å². The molecule has 1 aliphatic rings. The molecule has 2 aromatic heterocycles. The Labute approximate surface area is 127 Å². The molecule has 5 heteroatoms. The summed E-state index contributed by atoms with van der Waals surface area (Å²) >= 11 is 3.46. The predicted molar refractivity (Wildman–Crippen MR) is 82.7 cm³/mol. The Hall–Kier alpha value is -1.36. The second-order valence-corrected chi connectivity index (χ2v) is 6.19. The minimum absolute atomic E-state index is 0.580. The summed E-state index contributed by atoms with van der Waals surface area (Å²) in [5.41, 5.74) is 0. The highest BCUT2D eigenvalue weighted by atomic mass is 79.9. The van der Waals surface area contributed by atoms with E-state index in [1.807, 2.05) is 12.1 Å². The van der Waals surface area contributed by atoms with Crippen LogP contribution in [0.15, 0.2) is 27.2 Å². The smallest absolute Gasteiger partial charge is 0.197 e. The van der Waals surface area contributed by atoms with Gasteiger partial charge in [0.2, 0.25) is 0 Å². The lowest BCUT2D eigenvalue weighted by Crippen LogP contribution is -2.04. The van der Waals surface area contributed by atoms with E-state index in [-0.39, 0.29) is 0 Å². The van der Waals surface area contributed by atoms with Gasteiger partial charge in [-0.1, -0.05) is 13.8 Å². The molecule has 0 saturated heterocycles. The molecule has 106 valence electrons. The molecule has 1 fully saturated rings. The summed E-state index contributed by atoms with van der Waals surface area (Å²) in [5.74, 6) is 4.56. The van der Waals surface area contributed by atoms with Crippen molar-refractivity contribution in [3.8, 4) is 11.6 Å². The van der Waals surface area contributed by atoms with Gasteiger partial charge >= 0.3 is 0 Å². The van der Waals surface area contributed by atoms with Crippen molar-refractivity contribution in [1.29, 1.82) is 0 Å². The van der Waals surface area contributed by atoms with Gasteiger partial charge in [-0.15, -0.1) is 0 Å². The van der Waals surface area contributed by atoms with Crippen molar-refractivity contribution in [2.75, 3.05) is 11.9 Å². The molecule has 1 saturated carbocycles. The topological polar surface area (TPSA) is 51.0 Å². The van der Waals surface area contributed by atoms with Gasteiger partial charge < -0.3 is 9.73 Å². The fraction of sp³-hybridized carbons (Fsp3) is 0.467. The first-order chi connectivity index (χ1) is 9.69. The molecular formula is C15H18BrN3O. The molecule has 4 nitrogen and oxygen atoms in total. The second kappa shape index (κ2) is 5.56. The maximum atomic E-state index is 5.90. The van der Waals surface area contributed by atoms with Crippen molar-refractivity contribution in [2.45, 2.75) is 32.6 Å². The van der Waals surface area contributed by atoms with E-state index in [0.29, 0.717) is 11.7 Å². The summed E-state index contributed by atoms with van der Waals surface area (Å²) in [6.07, 6.45) is 4.04. The number of aromatic nitrogens is 2. The Balaban J connectivity index is 1.84. The molecule has 1 aliphatic carbocycles. The minimum Gasteiger partial charge on any atom is -0.457 e. The SMILES string of the molecule is CCCNc1nc(-c2ccc(C3CC3C)o2)ncc1Br. The molecule has 2 unspecified atom stereocenters. The van der Waals surface area contributed by atoms with Crippen LogP contribution in [0.25, 0.3) is 11.6 Å². The number of halogens is 1. The van der Waals surface area contributed by atoms with Crippen LogP contribution < -0.4 is 5.32 Å². The van der Waals surface area contributed by atoms with E-state index in [2.05, 4.69) is 45.1 Å². The van der Waals surface area contributed by atoms with E-state index in [9.17, 15) is 0 Å². The Morgan fingerprint density at radius 2 is 2.25 bits per heavy atom. The van der Waals surface area contributed by atoms with Crippen molar-refractivity contribution in [3.63, 3.8) is 0 Å². The van der Waals surface area contributed by atoms with E-state index in [1.165, 1.54) is 6.42 Å². The quantitative estimate of drug-likeness (QED) is 0.877. The largest absolute Gasteiger partial charge is 0.457 e. The van der Waals surface area contributed by atoms with Gasteiger partial charge in [0.25, 0.3) is 0 Å². The summed E-state index contributed by atoms with van der Waals surface area (Å²) in [6, 6.07) is 4.02. The molecule has 0 aromatic carbocycles. The zero-order valence-electron chi connectivity index (χ0n) is 11.7. The average Bonchev–Trinajstić information content (AvgIpc) is 2.99. The molecule has 0 radical (unpaired) electrons. The van der Waals surface area contributed by atoms with Crippen LogP contribution in [0.5, 0.6) is 0 Å². The highest BCUT2D eigenvalue weighted by Crippen LogP contribution is 2.47. The third-order valence-electron chi connectivity index (χ3n) is 3.61. The highest BCUT2D eigenvalue weighted by Gasteiger charge is 2.36. The van der Waals surface area contributed by atoms with E-state index in [0.717, 1.165) is 40.7 Å². The van der Waals surface area contributed by atoms with Gasteiger partial charge in [-0.25, -0.2) is 9.97 Å². The summed E-state index contributed by atoms with van der Waals surface area (Å²) in [4.78, 5) is 8.87. The first-order valence-electron chi connectivity index (χ1n) is 7.05. The zero-order chi connectivity index (χ0) is 14.1. The van der Waals surface area contributed by atoms with Gasteiger partial charge in [0.05, 0.1) is 4.47 Å². The van der Waals surface area contributed by atoms with Crippen molar-refractivity contribution >= 4 is 21.7 Å². The molecule has 0 amide bonds. The first kappa shape index (κ1) is 13.6. The summed E-state index contributed by atoms with van der Waals surface area (Å²) in [6.45, 7) is 5.26. The molecule has 20 heavy (non-hydrogen) atoms. The number of nitrogens with one attached hydrogen (secondary N) is 1. The Kier molecular flexibility index (Phi) is 3.78. The third-order valence-corrected chi connectivity index (χ3v) is 4.19. The number of anilines is 1. The van der Waals surface area contributed by atoms with E-state index in [1.54, 1.807) is 6.20 Å². The minimum atomic E-state index is 0.580. The second-order valence-electron chi connectivity index (χ2n) is 5.34. The summed E-state index contributed by atoms with van der Waals surface area (Å²) in [7, 11) is 0. The lowest BCUT2D eigenvalue weighted by molar-refractivity contribution is 0.515. The van der Waals surface area contributed by atoms with E-state index < -0.39 is 0 Å². The normalized spacial score (nSPS) is 20.9. The predicted octanol–water partition coefficient (Wildman–Crippen LogP) is 4.44. The number of hydrogen-bond donors (Lipinski definition) is 1. The number of rotatable bonds is 5. The first-order valence-corrected chi connectivity index (χ1v) is 7.85. The van der Waals surface area contributed by atoms with Gasteiger partial charge in [-0.2, -0.15) is 0 Å². The van der Waals surface area contributed by atoms with Crippen LogP contribution in [0.2, 0.25) is 0 Å². The fourth-order valence-corrected chi connectivity index (χ4v) is 2.58. The summed E-state index contributed by atoms with van der Waals surface area (Å²) < 4.78 is 6.77. The molecule has 2 aromatic rings. The fourth-order valence-electron chi connectivity index (χ4n) is 2.24. The van der Waals surface area contributed by atoms with Crippen LogP contribution in [0.4, 0.5) is 5.82 Å². The molecule has 0 aliphatic heterocycles. The van der Waals surface area contributed by atoms with Crippen LogP contribution >= 0.6 is 15.9 Å². The van der Waals surface area contributed by atoms with E-state index >= 15 is 0 Å². The number of furan rings is 1. The van der Waals surface area contributed by atoms with E-state index in [4.69, 9.17) is 4.42 Å². The van der Waals surface area contributed by atoms with Crippen molar-refractivity contribution in [2.24, 2.45) is 5.92 Å². The van der Waals surface area contributed by atoms with Crippen molar-refractivity contribution in [3.05, 3.63) is 28.6 Å². The lowest BCUT2D eigenvalue weighted by Gasteiger charge is -2.06. The van der Waals surface area contributed by atoms with Crippen LogP contribution in [0.3, 0.4) is 0 Å². The van der Waals surface area contributed by atoms with Crippen molar-refractivity contribution < 1.29 is 4.42 Å². The van der Waals surface area contributed by atoms with Gasteiger partial charge in [0, 0.05) is 18.7 Å². The number of hydrogen-bond acceptors (Lipinski definition) is 4. The van der Waals surface area contributed by atoms with Crippen molar-refractivity contribution in [1.82, 2.24) is 9.97 Å². The third kappa shape index (κ3) is 2.73. The monoisotopic (exact) mass is 335 g/mol. The molecule has 0 spiro atoms. The Morgan fingerprint density at radius 1 is 1.45 bits per heavy atom. The number of nitrogens with zero attached hydrogens (tertiary/aromatic N) is 2.